The smallest absolute Gasteiger partial charge is 0.303 e. The lowest BCUT2D eigenvalue weighted by molar-refractivity contribution is -0.849. The molecule has 1 N–H and O–H groups in total. The maximum Gasteiger partial charge on any atom is 0.303 e. The van der Waals surface area contributed by atoms with Gasteiger partial charge >= 0.3 is 5.97 Å². The zero-order valence-electron chi connectivity index (χ0n) is 9.95. The maximum absolute atomic E-state index is 9.88. The molecule has 5 nitrogen and oxygen atoms in total. The van der Waals surface area contributed by atoms with Gasteiger partial charge < -0.3 is 19.5 Å². The van der Waals surface area contributed by atoms with Crippen LogP contribution in [0.2, 0.25) is 0 Å². The summed E-state index contributed by atoms with van der Waals surface area (Å²) in [7, 11) is 8.50. The van der Waals surface area contributed by atoms with E-state index >= 15 is 0 Å². The summed E-state index contributed by atoms with van der Waals surface area (Å²) in [5.74, 6) is -2.01. The van der Waals surface area contributed by atoms with Crippen LogP contribution in [0.1, 0.15) is 25.7 Å². The van der Waals surface area contributed by atoms with Crippen molar-refractivity contribution in [2.75, 3.05) is 28.2 Å². The van der Waals surface area contributed by atoms with Crippen molar-refractivity contribution < 1.29 is 24.3 Å². The van der Waals surface area contributed by atoms with Gasteiger partial charge in [0.1, 0.15) is 0 Å². The van der Waals surface area contributed by atoms with E-state index in [2.05, 4.69) is 28.2 Å². The summed E-state index contributed by atoms with van der Waals surface area (Å²) >= 11 is 0. The van der Waals surface area contributed by atoms with E-state index in [9.17, 15) is 14.7 Å². The Bertz CT molecular complexity index is 174. The largest absolute Gasteiger partial charge is 0.550 e. The second kappa shape index (κ2) is 8.23. The monoisotopic (exact) mass is 219 g/mol. The minimum atomic E-state index is -1.12. The minimum Gasteiger partial charge on any atom is -0.550 e. The summed E-state index contributed by atoms with van der Waals surface area (Å²) in [4.78, 5) is 19.7. The number of quaternary nitrogens is 1. The number of carboxylic acid groups (broad SMARTS) is 2. The third-order valence-electron chi connectivity index (χ3n) is 1.02. The quantitative estimate of drug-likeness (QED) is 0.509. The molecule has 0 saturated heterocycles. The third kappa shape index (κ3) is 44.0. The van der Waals surface area contributed by atoms with Crippen LogP contribution < -0.4 is 5.11 Å². The van der Waals surface area contributed by atoms with Crippen molar-refractivity contribution in [2.45, 2.75) is 25.7 Å². The SMILES string of the molecule is C[N+](C)(C)C.O=C([O-])CCCCC(=O)O. The van der Waals surface area contributed by atoms with E-state index in [0.29, 0.717) is 12.8 Å². The van der Waals surface area contributed by atoms with Crippen molar-refractivity contribution in [3.05, 3.63) is 0 Å². The highest BCUT2D eigenvalue weighted by atomic mass is 16.4. The molecule has 0 aromatic rings. The molecular weight excluding hydrogens is 198 g/mol. The minimum absolute atomic E-state index is 0.0350. The molecule has 0 amide bonds. The van der Waals surface area contributed by atoms with Gasteiger partial charge in [0, 0.05) is 12.4 Å². The molecule has 0 aliphatic heterocycles. The summed E-state index contributed by atoms with van der Waals surface area (Å²) in [5.41, 5.74) is 0. The molecule has 90 valence electrons. The predicted molar refractivity (Wildman–Crippen MR) is 55.1 cm³/mol. The summed E-state index contributed by atoms with van der Waals surface area (Å²) < 4.78 is 1.00. The highest BCUT2D eigenvalue weighted by Crippen LogP contribution is 1.97. The fourth-order valence-electron chi connectivity index (χ4n) is 0.546. The van der Waals surface area contributed by atoms with E-state index in [-0.39, 0.29) is 12.8 Å². The summed E-state index contributed by atoms with van der Waals surface area (Å²) in [6.07, 6.45) is 0.776. The Labute approximate surface area is 90.9 Å². The Hall–Kier alpha value is -1.10. The number of hydrogen-bond acceptors (Lipinski definition) is 3. The zero-order valence-corrected chi connectivity index (χ0v) is 9.95. The molecule has 0 aliphatic rings. The van der Waals surface area contributed by atoms with Gasteiger partial charge in [-0.15, -0.1) is 0 Å². The Morgan fingerprint density at radius 3 is 1.67 bits per heavy atom. The first-order valence-corrected chi connectivity index (χ1v) is 4.83. The van der Waals surface area contributed by atoms with Crippen molar-refractivity contribution in [3.63, 3.8) is 0 Å². The van der Waals surface area contributed by atoms with Crippen LogP contribution in [0.5, 0.6) is 0 Å². The zero-order chi connectivity index (χ0) is 12.5. The van der Waals surface area contributed by atoms with E-state index in [0.717, 1.165) is 4.48 Å². The topological polar surface area (TPSA) is 77.4 Å². The van der Waals surface area contributed by atoms with Gasteiger partial charge in [0.2, 0.25) is 0 Å². The lowest BCUT2D eigenvalue weighted by Crippen LogP contribution is -2.27. The molecule has 15 heavy (non-hydrogen) atoms. The second-order valence-electron chi connectivity index (χ2n) is 4.66. The first-order chi connectivity index (χ1) is 6.63. The third-order valence-corrected chi connectivity index (χ3v) is 1.02. The highest BCUT2D eigenvalue weighted by molar-refractivity contribution is 5.67. The molecule has 0 unspecified atom stereocenters. The molecule has 0 fully saturated rings. The Balaban J connectivity index is 0. The molecule has 0 spiro atoms. The van der Waals surface area contributed by atoms with Crippen LogP contribution in [0.25, 0.3) is 0 Å². The molecule has 0 rings (SSSR count). The van der Waals surface area contributed by atoms with Crippen LogP contribution in [0, 0.1) is 0 Å². The van der Waals surface area contributed by atoms with Gasteiger partial charge in [0.25, 0.3) is 0 Å². The van der Waals surface area contributed by atoms with E-state index in [1.54, 1.807) is 0 Å². The van der Waals surface area contributed by atoms with Gasteiger partial charge in [0.15, 0.2) is 0 Å². The van der Waals surface area contributed by atoms with E-state index < -0.39 is 11.9 Å². The van der Waals surface area contributed by atoms with Gasteiger partial charge in [-0.25, -0.2) is 0 Å². The number of carbonyl (C=O) groups is 2. The van der Waals surface area contributed by atoms with Crippen LogP contribution in [-0.4, -0.2) is 49.7 Å². The van der Waals surface area contributed by atoms with Crippen LogP contribution in [-0.2, 0) is 9.59 Å². The maximum atomic E-state index is 9.88. The van der Waals surface area contributed by atoms with Crippen LogP contribution in [0.4, 0.5) is 0 Å². The van der Waals surface area contributed by atoms with Gasteiger partial charge in [-0.3, -0.25) is 4.79 Å². The molecule has 0 atom stereocenters. The van der Waals surface area contributed by atoms with Gasteiger partial charge in [-0.05, 0) is 19.3 Å². The highest BCUT2D eigenvalue weighted by Gasteiger charge is 1.95. The van der Waals surface area contributed by atoms with Gasteiger partial charge in [-0.2, -0.15) is 0 Å². The van der Waals surface area contributed by atoms with Gasteiger partial charge in [0.05, 0.1) is 28.2 Å². The number of carbonyl (C=O) groups excluding carboxylic acids is 1. The Morgan fingerprint density at radius 1 is 1.07 bits per heavy atom. The summed E-state index contributed by atoms with van der Waals surface area (Å²) in [6.45, 7) is 0. The van der Waals surface area contributed by atoms with Crippen molar-refractivity contribution >= 4 is 11.9 Å². The molecule has 5 heteroatoms. The summed E-state index contributed by atoms with van der Waals surface area (Å²) in [5, 5.41) is 17.9. The fraction of sp³-hybridized carbons (Fsp3) is 0.800. The van der Waals surface area contributed by atoms with E-state index in [4.69, 9.17) is 5.11 Å². The number of unbranched alkanes of at least 4 members (excludes halogenated alkanes) is 1. The molecule has 0 radical (unpaired) electrons. The number of aliphatic carboxylic acids is 2. The molecule has 0 saturated carbocycles. The molecule has 0 aromatic heterocycles. The molecule has 0 aliphatic carbocycles. The Morgan fingerprint density at radius 2 is 1.40 bits per heavy atom. The lowest BCUT2D eigenvalue weighted by atomic mass is 10.2. The van der Waals surface area contributed by atoms with Crippen molar-refractivity contribution in [1.82, 2.24) is 0 Å². The fourth-order valence-corrected chi connectivity index (χ4v) is 0.546. The van der Waals surface area contributed by atoms with Gasteiger partial charge in [-0.1, -0.05) is 0 Å². The molecular formula is C10H21NO4. The molecule has 0 heterocycles. The van der Waals surface area contributed by atoms with Crippen molar-refractivity contribution in [3.8, 4) is 0 Å². The summed E-state index contributed by atoms with van der Waals surface area (Å²) in [6, 6.07) is 0. The average Bonchev–Trinajstić information content (AvgIpc) is 1.94. The molecule has 0 bridgehead atoms. The number of nitrogens with zero attached hydrogens (tertiary/aromatic N) is 1. The van der Waals surface area contributed by atoms with Crippen LogP contribution >= 0.6 is 0 Å². The second-order valence-corrected chi connectivity index (χ2v) is 4.66. The number of hydrogen-bond donors (Lipinski definition) is 1. The number of carboxylic acids is 2. The standard InChI is InChI=1S/C6H10O4.C4H12N/c7-5(8)3-1-2-4-6(9)10;1-5(2,3)4/h1-4H2,(H,7,8)(H,9,10);1-4H3/q;+1/p-1. The molecule has 0 aromatic carbocycles. The van der Waals surface area contributed by atoms with E-state index in [1.165, 1.54) is 0 Å². The lowest BCUT2D eigenvalue weighted by Gasteiger charge is -2.14. The van der Waals surface area contributed by atoms with E-state index in [1.807, 2.05) is 0 Å². The first-order valence-electron chi connectivity index (χ1n) is 4.83. The van der Waals surface area contributed by atoms with Crippen molar-refractivity contribution in [1.29, 1.82) is 0 Å². The average molecular weight is 219 g/mol. The normalized spacial score (nSPS) is 10.1. The Kier molecular flexibility index (Phi) is 8.96. The van der Waals surface area contributed by atoms with Crippen LogP contribution in [0.3, 0.4) is 0 Å². The van der Waals surface area contributed by atoms with Crippen molar-refractivity contribution in [2.24, 2.45) is 0 Å². The predicted octanol–water partition coefficient (Wildman–Crippen LogP) is -0.296. The van der Waals surface area contributed by atoms with Crippen LogP contribution in [0.15, 0.2) is 0 Å². The number of rotatable bonds is 5. The first kappa shape index (κ1) is 16.3.